The molecule has 0 aromatic rings. The van der Waals surface area contributed by atoms with Gasteiger partial charge in [0.2, 0.25) is 0 Å². The molecule has 0 amide bonds. The van der Waals surface area contributed by atoms with Crippen LogP contribution in [-0.2, 0) is 0 Å². The Kier molecular flexibility index (Phi) is 32.2. The van der Waals surface area contributed by atoms with Gasteiger partial charge in [0.1, 0.15) is 0 Å². The van der Waals surface area contributed by atoms with Crippen LogP contribution in [-0.4, -0.2) is 0 Å². The van der Waals surface area contributed by atoms with Gasteiger partial charge in [-0.05, 0) is 12.8 Å². The lowest BCUT2D eigenvalue weighted by Gasteiger charge is -1.94. The molecule has 0 aliphatic rings. The first-order chi connectivity index (χ1) is 6.14. The fourth-order valence-electron chi connectivity index (χ4n) is 0.530. The zero-order valence-corrected chi connectivity index (χ0v) is 10.7. The van der Waals surface area contributed by atoms with E-state index in [0.29, 0.717) is 0 Å². The molecule has 0 unspecified atom stereocenters. The first kappa shape index (κ1) is 18.5. The minimum Gasteiger partial charge on any atom is -0.0999 e. The van der Waals surface area contributed by atoms with E-state index in [1.807, 2.05) is 0 Å². The number of hydrogen-bond acceptors (Lipinski definition) is 0. The second-order valence-electron chi connectivity index (χ2n) is 3.27. The van der Waals surface area contributed by atoms with Crippen molar-refractivity contribution in [2.24, 2.45) is 0 Å². The number of hydrogen-bond donors (Lipinski definition) is 0. The van der Waals surface area contributed by atoms with Crippen molar-refractivity contribution in [3.8, 4) is 0 Å². The van der Waals surface area contributed by atoms with Gasteiger partial charge in [-0.15, -0.1) is 0 Å². The summed E-state index contributed by atoms with van der Waals surface area (Å²) in [5, 5.41) is 0. The van der Waals surface area contributed by atoms with Crippen molar-refractivity contribution < 1.29 is 0 Å². The Morgan fingerprint density at radius 3 is 1.23 bits per heavy atom. The topological polar surface area (TPSA) is 0 Å². The molecular formula is C13H30. The molecule has 82 valence electrons. The molecule has 0 saturated carbocycles. The van der Waals surface area contributed by atoms with E-state index in [1.54, 1.807) is 0 Å². The highest BCUT2D eigenvalue weighted by atomic mass is 13.9. The molecule has 0 heterocycles. The first-order valence-corrected chi connectivity index (χ1v) is 5.80. The minimum absolute atomic E-state index is 1.15. The Labute approximate surface area is 86.4 Å². The summed E-state index contributed by atoms with van der Waals surface area (Å²) in [6, 6.07) is 0. The smallest absolute Gasteiger partial charge is 0.0326 e. The average molecular weight is 186 g/mol. The molecule has 0 bridgehead atoms. The lowest BCUT2D eigenvalue weighted by molar-refractivity contribution is 0.863. The zero-order chi connectivity index (χ0) is 11.1. The lowest BCUT2D eigenvalue weighted by atomic mass is 10.1. The van der Waals surface area contributed by atoms with Crippen LogP contribution in [0.5, 0.6) is 0 Å². The highest BCUT2D eigenvalue weighted by Gasteiger charge is 1.83. The van der Waals surface area contributed by atoms with Crippen LogP contribution in [0, 0.1) is 0 Å². The maximum Gasteiger partial charge on any atom is -0.0326 e. The van der Waals surface area contributed by atoms with Gasteiger partial charge in [0.15, 0.2) is 0 Å². The van der Waals surface area contributed by atoms with Crippen molar-refractivity contribution in [3.63, 3.8) is 0 Å². The third-order valence-corrected chi connectivity index (χ3v) is 1.10. The summed E-state index contributed by atoms with van der Waals surface area (Å²) in [6.45, 7) is 16.7. The molecule has 0 aromatic heterocycles. The number of rotatable bonds is 3. The fourth-order valence-corrected chi connectivity index (χ4v) is 0.530. The maximum atomic E-state index is 3.86. The third-order valence-electron chi connectivity index (χ3n) is 1.10. The Morgan fingerprint density at radius 2 is 1.15 bits per heavy atom. The van der Waals surface area contributed by atoms with Gasteiger partial charge in [0.25, 0.3) is 0 Å². The monoisotopic (exact) mass is 186 g/mol. The second kappa shape index (κ2) is 22.6. The van der Waals surface area contributed by atoms with E-state index in [9.17, 15) is 0 Å². The first-order valence-electron chi connectivity index (χ1n) is 5.80. The summed E-state index contributed by atoms with van der Waals surface area (Å²) in [6.07, 6.45) is 6.09. The van der Waals surface area contributed by atoms with Crippen molar-refractivity contribution in [1.82, 2.24) is 0 Å². The highest BCUT2D eigenvalue weighted by Crippen LogP contribution is 2.03. The van der Waals surface area contributed by atoms with Crippen molar-refractivity contribution >= 4 is 0 Å². The molecule has 0 heteroatoms. The molecule has 0 aliphatic heterocycles. The van der Waals surface area contributed by atoms with Gasteiger partial charge in [-0.1, -0.05) is 73.0 Å². The maximum absolute atomic E-state index is 3.86. The van der Waals surface area contributed by atoms with E-state index in [0.717, 1.165) is 6.42 Å². The van der Waals surface area contributed by atoms with Crippen molar-refractivity contribution in [2.75, 3.05) is 0 Å². The summed E-state index contributed by atoms with van der Waals surface area (Å²) in [5.41, 5.74) is 1.38. The van der Waals surface area contributed by atoms with Crippen LogP contribution in [0.25, 0.3) is 0 Å². The Morgan fingerprint density at radius 1 is 0.846 bits per heavy atom. The molecule has 0 rings (SSSR count). The van der Waals surface area contributed by atoms with Gasteiger partial charge in [-0.2, -0.15) is 0 Å². The van der Waals surface area contributed by atoms with Crippen LogP contribution in [0.15, 0.2) is 12.2 Å². The molecule has 0 atom stereocenters. The van der Waals surface area contributed by atoms with Crippen LogP contribution >= 0.6 is 0 Å². The van der Waals surface area contributed by atoms with Crippen LogP contribution in [0.4, 0.5) is 0 Å². The standard InChI is InChI=1S/C7H14.2C3H8/c1-4-6-7(3)5-2;2*1-3-2/h3-6H2,1-2H3;2*3H2,1-2H3. The van der Waals surface area contributed by atoms with Gasteiger partial charge in [0, 0.05) is 0 Å². The van der Waals surface area contributed by atoms with Gasteiger partial charge < -0.3 is 0 Å². The Hall–Kier alpha value is -0.260. The van der Waals surface area contributed by atoms with E-state index in [1.165, 1.54) is 31.3 Å². The SMILES string of the molecule is C=C(CC)CCC.CCC.CCC. The summed E-state index contributed by atoms with van der Waals surface area (Å²) < 4.78 is 0. The van der Waals surface area contributed by atoms with Crippen LogP contribution < -0.4 is 0 Å². The molecule has 0 saturated heterocycles. The van der Waals surface area contributed by atoms with Gasteiger partial charge in [0.05, 0.1) is 0 Å². The molecule has 0 N–H and O–H groups in total. The second-order valence-corrected chi connectivity index (χ2v) is 3.27. The molecule has 13 heavy (non-hydrogen) atoms. The van der Waals surface area contributed by atoms with Crippen molar-refractivity contribution in [2.45, 2.75) is 73.6 Å². The Bertz CT molecular complexity index is 70.1. The fraction of sp³-hybridized carbons (Fsp3) is 0.846. The van der Waals surface area contributed by atoms with Crippen molar-refractivity contribution in [1.29, 1.82) is 0 Å². The van der Waals surface area contributed by atoms with Gasteiger partial charge in [-0.3, -0.25) is 0 Å². The van der Waals surface area contributed by atoms with Gasteiger partial charge in [-0.25, -0.2) is 0 Å². The van der Waals surface area contributed by atoms with Gasteiger partial charge >= 0.3 is 0 Å². The molecule has 0 nitrogen and oxygen atoms in total. The van der Waals surface area contributed by atoms with Crippen LogP contribution in [0.1, 0.15) is 73.6 Å². The third kappa shape index (κ3) is 49.6. The van der Waals surface area contributed by atoms with E-state index < -0.39 is 0 Å². The molecule has 0 radical (unpaired) electrons. The molecule has 0 fully saturated rings. The zero-order valence-electron chi connectivity index (χ0n) is 10.7. The highest BCUT2D eigenvalue weighted by molar-refractivity contribution is 4.91. The van der Waals surface area contributed by atoms with Crippen LogP contribution in [0.3, 0.4) is 0 Å². The predicted molar refractivity (Wildman–Crippen MR) is 66.3 cm³/mol. The Balaban J connectivity index is -0.000000140. The lowest BCUT2D eigenvalue weighted by Crippen LogP contribution is -1.73. The summed E-state index contributed by atoms with van der Waals surface area (Å²) in [7, 11) is 0. The van der Waals surface area contributed by atoms with E-state index in [4.69, 9.17) is 0 Å². The summed E-state index contributed by atoms with van der Waals surface area (Å²) >= 11 is 0. The van der Waals surface area contributed by atoms with E-state index >= 15 is 0 Å². The van der Waals surface area contributed by atoms with Crippen molar-refractivity contribution in [3.05, 3.63) is 12.2 Å². The average Bonchev–Trinajstić information content (AvgIpc) is 2.07. The van der Waals surface area contributed by atoms with Crippen LogP contribution in [0.2, 0.25) is 0 Å². The van der Waals surface area contributed by atoms with E-state index in [2.05, 4.69) is 48.1 Å². The van der Waals surface area contributed by atoms with E-state index in [-0.39, 0.29) is 0 Å². The summed E-state index contributed by atoms with van der Waals surface area (Å²) in [5.74, 6) is 0. The largest absolute Gasteiger partial charge is 0.0999 e. The predicted octanol–water partition coefficient (Wildman–Crippen LogP) is 5.59. The number of allylic oxidation sites excluding steroid dienone is 1. The normalized spacial score (nSPS) is 7.54. The molecule has 0 spiro atoms. The molecule has 0 aromatic carbocycles. The molecular weight excluding hydrogens is 156 g/mol. The quantitative estimate of drug-likeness (QED) is 0.504. The summed E-state index contributed by atoms with van der Waals surface area (Å²) in [4.78, 5) is 0. The molecule has 0 aliphatic carbocycles. The minimum atomic E-state index is 1.15.